The Bertz CT molecular complexity index is 232. The number of carboxylic acids is 1. The van der Waals surface area contributed by atoms with Crippen molar-refractivity contribution < 1.29 is 19.4 Å². The maximum absolute atomic E-state index is 10.8. The molecular weight excluding hydrogens is 232 g/mol. The molecule has 1 aliphatic rings. The monoisotopic (exact) mass is 258 g/mol. The molecule has 0 heterocycles. The fraction of sp³-hybridized carbons (Fsp3) is 0.929. The van der Waals surface area contributed by atoms with Crippen LogP contribution in [0.1, 0.15) is 46.0 Å². The second-order valence-corrected chi connectivity index (χ2v) is 5.48. The molecule has 0 atom stereocenters. The normalized spacial score (nSPS) is 24.4. The minimum absolute atomic E-state index is 0.160. The summed E-state index contributed by atoms with van der Waals surface area (Å²) < 4.78 is 11.2. The summed E-state index contributed by atoms with van der Waals surface area (Å²) in [4.78, 5) is 10.8. The van der Waals surface area contributed by atoms with Gasteiger partial charge in [0.25, 0.3) is 0 Å². The first kappa shape index (κ1) is 15.4. The van der Waals surface area contributed by atoms with Crippen LogP contribution in [0.15, 0.2) is 0 Å². The van der Waals surface area contributed by atoms with Crippen LogP contribution in [0.25, 0.3) is 0 Å². The summed E-state index contributed by atoms with van der Waals surface area (Å²) in [5.74, 6) is -0.144. The second kappa shape index (κ2) is 8.48. The van der Waals surface area contributed by atoms with Crippen molar-refractivity contribution in [3.8, 4) is 0 Å². The Hall–Kier alpha value is -0.610. The lowest BCUT2D eigenvalue weighted by atomic mass is 9.87. The minimum Gasteiger partial charge on any atom is -0.481 e. The first-order valence-electron chi connectivity index (χ1n) is 7.01. The summed E-state index contributed by atoms with van der Waals surface area (Å²) in [5.41, 5.74) is 0. The Morgan fingerprint density at radius 2 is 1.83 bits per heavy atom. The van der Waals surface area contributed by atoms with Crippen LogP contribution in [0, 0.1) is 11.8 Å². The molecule has 0 aromatic heterocycles. The van der Waals surface area contributed by atoms with E-state index in [1.54, 1.807) is 0 Å². The van der Waals surface area contributed by atoms with E-state index in [1.807, 2.05) is 0 Å². The van der Waals surface area contributed by atoms with E-state index in [4.69, 9.17) is 14.6 Å². The highest BCUT2D eigenvalue weighted by Gasteiger charge is 2.25. The molecule has 1 rings (SSSR count). The highest BCUT2D eigenvalue weighted by molar-refractivity contribution is 5.69. The molecule has 1 aliphatic carbocycles. The standard InChI is InChI=1S/C14H26O4/c1-11(2)7-8-17-9-10-18-13-5-3-12(4-6-13)14(15)16/h11-13H,3-10H2,1-2H3,(H,15,16). The van der Waals surface area contributed by atoms with Gasteiger partial charge in [-0.15, -0.1) is 0 Å². The van der Waals surface area contributed by atoms with Gasteiger partial charge in [0.05, 0.1) is 25.2 Å². The Morgan fingerprint density at radius 3 is 2.39 bits per heavy atom. The fourth-order valence-corrected chi connectivity index (χ4v) is 2.17. The molecule has 0 aliphatic heterocycles. The van der Waals surface area contributed by atoms with E-state index in [2.05, 4.69) is 13.8 Å². The van der Waals surface area contributed by atoms with Crippen molar-refractivity contribution in [2.75, 3.05) is 19.8 Å². The lowest BCUT2D eigenvalue weighted by molar-refractivity contribution is -0.143. The van der Waals surface area contributed by atoms with E-state index in [0.29, 0.717) is 19.1 Å². The molecule has 106 valence electrons. The Morgan fingerprint density at radius 1 is 1.17 bits per heavy atom. The summed E-state index contributed by atoms with van der Waals surface area (Å²) in [6, 6.07) is 0. The van der Waals surface area contributed by atoms with Crippen molar-refractivity contribution in [1.29, 1.82) is 0 Å². The lowest BCUT2D eigenvalue weighted by Gasteiger charge is -2.26. The van der Waals surface area contributed by atoms with Gasteiger partial charge in [-0.2, -0.15) is 0 Å². The molecule has 0 aromatic rings. The number of aliphatic carboxylic acids is 1. The predicted octanol–water partition coefficient (Wildman–Crippen LogP) is 2.71. The van der Waals surface area contributed by atoms with Gasteiger partial charge in [0.15, 0.2) is 0 Å². The number of carboxylic acid groups (broad SMARTS) is 1. The number of hydrogen-bond acceptors (Lipinski definition) is 3. The van der Waals surface area contributed by atoms with E-state index in [-0.39, 0.29) is 12.0 Å². The molecule has 1 saturated carbocycles. The molecule has 1 N–H and O–H groups in total. The molecule has 18 heavy (non-hydrogen) atoms. The zero-order chi connectivity index (χ0) is 13.4. The zero-order valence-electron chi connectivity index (χ0n) is 11.6. The first-order chi connectivity index (χ1) is 8.59. The molecule has 0 radical (unpaired) electrons. The highest BCUT2D eigenvalue weighted by Crippen LogP contribution is 2.26. The summed E-state index contributed by atoms with van der Waals surface area (Å²) in [7, 11) is 0. The quantitative estimate of drug-likeness (QED) is 0.680. The van der Waals surface area contributed by atoms with Crippen molar-refractivity contribution in [3.63, 3.8) is 0 Å². The molecule has 0 aromatic carbocycles. The van der Waals surface area contributed by atoms with Crippen LogP contribution in [0.4, 0.5) is 0 Å². The maximum atomic E-state index is 10.8. The van der Waals surface area contributed by atoms with Gasteiger partial charge < -0.3 is 14.6 Å². The average molecular weight is 258 g/mol. The van der Waals surface area contributed by atoms with Crippen molar-refractivity contribution in [1.82, 2.24) is 0 Å². The molecule has 0 saturated heterocycles. The Labute approximate surface area is 110 Å². The van der Waals surface area contributed by atoms with Gasteiger partial charge in [0.2, 0.25) is 0 Å². The van der Waals surface area contributed by atoms with E-state index < -0.39 is 5.97 Å². The molecule has 4 nitrogen and oxygen atoms in total. The van der Waals surface area contributed by atoms with Crippen LogP contribution in [0.3, 0.4) is 0 Å². The van der Waals surface area contributed by atoms with Crippen LogP contribution in [0.2, 0.25) is 0 Å². The Balaban J connectivity index is 1.96. The largest absolute Gasteiger partial charge is 0.481 e. The van der Waals surface area contributed by atoms with Gasteiger partial charge in [0, 0.05) is 6.61 Å². The topological polar surface area (TPSA) is 55.8 Å². The van der Waals surface area contributed by atoms with Crippen LogP contribution in [-0.2, 0) is 14.3 Å². The van der Waals surface area contributed by atoms with Crippen molar-refractivity contribution in [3.05, 3.63) is 0 Å². The third kappa shape index (κ3) is 6.36. The summed E-state index contributed by atoms with van der Waals surface area (Å²) in [5, 5.41) is 8.88. The minimum atomic E-state index is -0.662. The predicted molar refractivity (Wildman–Crippen MR) is 69.6 cm³/mol. The van der Waals surface area contributed by atoms with Gasteiger partial charge in [-0.25, -0.2) is 0 Å². The zero-order valence-corrected chi connectivity index (χ0v) is 11.6. The summed E-state index contributed by atoms with van der Waals surface area (Å²) >= 11 is 0. The molecule has 0 amide bonds. The molecule has 4 heteroatoms. The lowest BCUT2D eigenvalue weighted by Crippen LogP contribution is -2.27. The molecule has 0 bridgehead atoms. The van der Waals surface area contributed by atoms with Crippen molar-refractivity contribution in [2.24, 2.45) is 11.8 Å². The second-order valence-electron chi connectivity index (χ2n) is 5.48. The molecule has 1 fully saturated rings. The van der Waals surface area contributed by atoms with E-state index in [9.17, 15) is 4.79 Å². The van der Waals surface area contributed by atoms with E-state index >= 15 is 0 Å². The maximum Gasteiger partial charge on any atom is 0.306 e. The summed E-state index contributed by atoms with van der Waals surface area (Å²) in [6.07, 6.45) is 4.53. The molecular formula is C14H26O4. The van der Waals surface area contributed by atoms with Gasteiger partial charge in [-0.05, 0) is 38.0 Å². The average Bonchev–Trinajstić information content (AvgIpc) is 2.34. The fourth-order valence-electron chi connectivity index (χ4n) is 2.17. The number of hydrogen-bond donors (Lipinski definition) is 1. The van der Waals surface area contributed by atoms with Crippen LogP contribution in [-0.4, -0.2) is 37.0 Å². The smallest absolute Gasteiger partial charge is 0.306 e. The first-order valence-corrected chi connectivity index (χ1v) is 7.01. The van der Waals surface area contributed by atoms with Crippen LogP contribution >= 0.6 is 0 Å². The molecule has 0 unspecified atom stereocenters. The van der Waals surface area contributed by atoms with E-state index in [1.165, 1.54) is 0 Å². The van der Waals surface area contributed by atoms with Crippen molar-refractivity contribution in [2.45, 2.75) is 52.1 Å². The van der Waals surface area contributed by atoms with Gasteiger partial charge >= 0.3 is 5.97 Å². The molecule has 0 spiro atoms. The van der Waals surface area contributed by atoms with Crippen molar-refractivity contribution >= 4 is 5.97 Å². The third-order valence-corrected chi connectivity index (χ3v) is 3.44. The SMILES string of the molecule is CC(C)CCOCCOC1CCC(C(=O)O)CC1. The summed E-state index contributed by atoms with van der Waals surface area (Å²) in [6.45, 7) is 6.43. The number of rotatable bonds is 8. The van der Waals surface area contributed by atoms with Gasteiger partial charge in [-0.3, -0.25) is 4.79 Å². The number of ether oxygens (including phenoxy) is 2. The number of carbonyl (C=O) groups is 1. The van der Waals surface area contributed by atoms with Gasteiger partial charge in [0.1, 0.15) is 0 Å². The van der Waals surface area contributed by atoms with E-state index in [0.717, 1.165) is 38.7 Å². The Kier molecular flexibility index (Phi) is 7.28. The van der Waals surface area contributed by atoms with Gasteiger partial charge in [-0.1, -0.05) is 13.8 Å². The third-order valence-electron chi connectivity index (χ3n) is 3.44. The van der Waals surface area contributed by atoms with Crippen LogP contribution < -0.4 is 0 Å². The van der Waals surface area contributed by atoms with Crippen LogP contribution in [0.5, 0.6) is 0 Å². The highest BCUT2D eigenvalue weighted by atomic mass is 16.5.